The van der Waals surface area contributed by atoms with Crippen molar-refractivity contribution in [2.45, 2.75) is 26.4 Å². The summed E-state index contributed by atoms with van der Waals surface area (Å²) in [4.78, 5) is 52.6. The van der Waals surface area contributed by atoms with Gasteiger partial charge >= 0.3 is 23.9 Å². The van der Waals surface area contributed by atoms with Gasteiger partial charge in [-0.15, -0.1) is 0 Å². The lowest BCUT2D eigenvalue weighted by molar-refractivity contribution is 0.0458. The lowest BCUT2D eigenvalue weighted by atomic mass is 10.0. The van der Waals surface area contributed by atoms with Crippen LogP contribution in [0.25, 0.3) is 0 Å². The minimum Gasteiger partial charge on any atom is -0.457 e. The molecule has 0 radical (unpaired) electrons. The zero-order valence-corrected chi connectivity index (χ0v) is 30.1. The van der Waals surface area contributed by atoms with Crippen molar-refractivity contribution in [3.63, 3.8) is 0 Å². The average Bonchev–Trinajstić information content (AvgIpc) is 3.25. The highest BCUT2D eigenvalue weighted by Crippen LogP contribution is 2.18. The molecule has 0 unspecified atom stereocenters. The van der Waals surface area contributed by atoms with Crippen LogP contribution in [0.3, 0.4) is 0 Å². The minimum atomic E-state index is -0.652. The molecule has 0 atom stereocenters. The van der Waals surface area contributed by atoms with Gasteiger partial charge in [-0.2, -0.15) is 0 Å². The van der Waals surface area contributed by atoms with Gasteiger partial charge in [-0.3, -0.25) is 0 Å². The van der Waals surface area contributed by atoms with Crippen molar-refractivity contribution in [3.8, 4) is 23.7 Å². The summed E-state index contributed by atoms with van der Waals surface area (Å²) < 4.78 is 22.1. The van der Waals surface area contributed by atoms with Gasteiger partial charge in [0.25, 0.3) is 0 Å². The first-order valence-corrected chi connectivity index (χ1v) is 17.6. The fourth-order valence-corrected chi connectivity index (χ4v) is 5.32. The van der Waals surface area contributed by atoms with Gasteiger partial charge in [0.15, 0.2) is 0 Å². The van der Waals surface area contributed by atoms with Crippen molar-refractivity contribution in [3.05, 3.63) is 213 Å². The van der Waals surface area contributed by atoms with Gasteiger partial charge in [0.05, 0.1) is 22.3 Å². The second kappa shape index (κ2) is 19.4. The highest BCUT2D eigenvalue weighted by atomic mass is 16.5. The van der Waals surface area contributed by atoms with E-state index in [2.05, 4.69) is 23.7 Å². The number of benzene rings is 6. The molecule has 0 saturated heterocycles. The van der Waals surface area contributed by atoms with Crippen LogP contribution in [0.1, 0.15) is 74.8 Å². The summed E-state index contributed by atoms with van der Waals surface area (Å²) in [7, 11) is 0. The summed E-state index contributed by atoms with van der Waals surface area (Å²) in [6.45, 7) is 0.172. The average molecular weight is 739 g/mol. The van der Waals surface area contributed by atoms with Gasteiger partial charge in [0.1, 0.15) is 26.4 Å². The molecule has 0 heterocycles. The molecule has 0 aliphatic rings. The van der Waals surface area contributed by atoms with Gasteiger partial charge < -0.3 is 18.9 Å². The first-order valence-electron chi connectivity index (χ1n) is 17.6. The molecule has 274 valence electrons. The van der Waals surface area contributed by atoms with E-state index in [0.29, 0.717) is 0 Å². The first kappa shape index (κ1) is 38.1. The SMILES string of the molecule is O=C(OCc1ccccc1)c1ccc(C(=O)OCc2ccccc2)c(C#CC#Cc2cc(C(=O)OCc3ccccc3)ccc2C(=O)OCc2ccccc2)c1. The fourth-order valence-electron chi connectivity index (χ4n) is 5.32. The van der Waals surface area contributed by atoms with Crippen LogP contribution in [0.15, 0.2) is 158 Å². The summed E-state index contributed by atoms with van der Waals surface area (Å²) in [5, 5.41) is 0. The minimum absolute atomic E-state index is 0.0283. The fraction of sp³-hybridized carbons (Fsp3) is 0.0833. The maximum Gasteiger partial charge on any atom is 0.339 e. The lowest BCUT2D eigenvalue weighted by Gasteiger charge is -2.09. The molecule has 8 nitrogen and oxygen atoms in total. The Balaban J connectivity index is 1.28. The van der Waals surface area contributed by atoms with Crippen molar-refractivity contribution < 1.29 is 38.1 Å². The van der Waals surface area contributed by atoms with Crippen LogP contribution >= 0.6 is 0 Å². The summed E-state index contributed by atoms with van der Waals surface area (Å²) >= 11 is 0. The monoisotopic (exact) mass is 738 g/mol. The molecule has 0 bridgehead atoms. The van der Waals surface area contributed by atoms with Crippen LogP contribution in [-0.2, 0) is 45.4 Å². The molecule has 0 amide bonds. The van der Waals surface area contributed by atoms with Crippen molar-refractivity contribution in [2.24, 2.45) is 0 Å². The van der Waals surface area contributed by atoms with Crippen LogP contribution < -0.4 is 0 Å². The third-order valence-corrected chi connectivity index (χ3v) is 8.26. The van der Waals surface area contributed by atoms with Crippen LogP contribution in [0.4, 0.5) is 0 Å². The van der Waals surface area contributed by atoms with E-state index < -0.39 is 23.9 Å². The van der Waals surface area contributed by atoms with E-state index in [4.69, 9.17) is 18.9 Å². The maximum absolute atomic E-state index is 13.3. The van der Waals surface area contributed by atoms with Crippen LogP contribution in [0, 0.1) is 23.7 Å². The van der Waals surface area contributed by atoms with Crippen molar-refractivity contribution in [1.29, 1.82) is 0 Å². The number of carbonyl (C=O) groups is 4. The normalized spacial score (nSPS) is 10.1. The molecule has 56 heavy (non-hydrogen) atoms. The zero-order valence-electron chi connectivity index (χ0n) is 30.1. The van der Waals surface area contributed by atoms with E-state index in [1.165, 1.54) is 36.4 Å². The third-order valence-electron chi connectivity index (χ3n) is 8.26. The molecule has 0 fully saturated rings. The zero-order chi connectivity index (χ0) is 39.0. The smallest absolute Gasteiger partial charge is 0.339 e. The molecular formula is C48H34O8. The van der Waals surface area contributed by atoms with E-state index in [9.17, 15) is 19.2 Å². The van der Waals surface area contributed by atoms with Gasteiger partial charge in [-0.1, -0.05) is 133 Å². The topological polar surface area (TPSA) is 105 Å². The first-order chi connectivity index (χ1) is 27.4. The van der Waals surface area contributed by atoms with E-state index in [0.717, 1.165) is 22.3 Å². The Morgan fingerprint density at radius 3 is 0.946 bits per heavy atom. The van der Waals surface area contributed by atoms with E-state index >= 15 is 0 Å². The predicted molar refractivity (Wildman–Crippen MR) is 209 cm³/mol. The van der Waals surface area contributed by atoms with Crippen LogP contribution in [0.5, 0.6) is 0 Å². The van der Waals surface area contributed by atoms with E-state index in [-0.39, 0.29) is 59.8 Å². The quantitative estimate of drug-likeness (QED) is 0.0700. The maximum atomic E-state index is 13.3. The number of hydrogen-bond donors (Lipinski definition) is 0. The number of esters is 4. The summed E-state index contributed by atoms with van der Waals surface area (Å²) in [6, 6.07) is 45.6. The highest BCUT2D eigenvalue weighted by Gasteiger charge is 2.18. The van der Waals surface area contributed by atoms with Crippen LogP contribution in [0.2, 0.25) is 0 Å². The molecule has 6 aromatic rings. The summed E-state index contributed by atoms with van der Waals surface area (Å²) in [5.74, 6) is 8.65. The lowest BCUT2D eigenvalue weighted by Crippen LogP contribution is -2.10. The molecule has 0 spiro atoms. The molecular weight excluding hydrogens is 705 g/mol. The number of rotatable bonds is 12. The number of hydrogen-bond acceptors (Lipinski definition) is 8. The standard InChI is InChI=1S/C48H34O8/c49-45(53-31-35-15-5-1-6-16-35)41-25-27-43(47(51)55-33-37-19-9-3-10-20-37)39(29-41)23-13-14-24-40-30-42(46(50)54-32-36-17-7-2-8-18-36)26-28-44(40)48(52)56-34-38-21-11-4-12-22-38/h1-12,15-22,25-30H,31-34H2. The Kier molecular flexibility index (Phi) is 13.2. The summed E-state index contributed by atoms with van der Waals surface area (Å²) in [6.07, 6.45) is 0. The van der Waals surface area contributed by atoms with Gasteiger partial charge in [-0.25, -0.2) is 19.2 Å². The predicted octanol–water partition coefficient (Wildman–Crippen LogP) is 8.52. The second-order valence-electron chi connectivity index (χ2n) is 12.3. The third kappa shape index (κ3) is 10.9. The largest absolute Gasteiger partial charge is 0.457 e. The van der Waals surface area contributed by atoms with Crippen molar-refractivity contribution in [2.75, 3.05) is 0 Å². The molecule has 0 aliphatic heterocycles. The number of ether oxygens (including phenoxy) is 4. The Morgan fingerprint density at radius 2 is 0.643 bits per heavy atom. The second-order valence-corrected chi connectivity index (χ2v) is 12.3. The molecule has 0 N–H and O–H groups in total. The van der Waals surface area contributed by atoms with E-state index in [1.54, 1.807) is 0 Å². The van der Waals surface area contributed by atoms with Gasteiger partial charge in [0.2, 0.25) is 0 Å². The van der Waals surface area contributed by atoms with Crippen molar-refractivity contribution in [1.82, 2.24) is 0 Å². The molecule has 8 heteroatoms. The molecule has 6 rings (SSSR count). The Hall–Kier alpha value is -7.68. The molecule has 0 aliphatic carbocycles. The highest BCUT2D eigenvalue weighted by molar-refractivity contribution is 5.97. The molecule has 0 aromatic heterocycles. The molecule has 0 saturated carbocycles. The van der Waals surface area contributed by atoms with Gasteiger partial charge in [0, 0.05) is 11.1 Å². The van der Waals surface area contributed by atoms with Gasteiger partial charge in [-0.05, 0) is 70.5 Å². The van der Waals surface area contributed by atoms with Crippen molar-refractivity contribution >= 4 is 23.9 Å². The molecule has 6 aromatic carbocycles. The van der Waals surface area contributed by atoms with E-state index in [1.807, 2.05) is 121 Å². The Bertz CT molecular complexity index is 2260. The summed E-state index contributed by atoms with van der Waals surface area (Å²) in [5.41, 5.74) is 4.13. The Labute approximate surface area is 324 Å². The Morgan fingerprint density at radius 1 is 0.357 bits per heavy atom. The number of carbonyl (C=O) groups excluding carboxylic acids is 4. The van der Waals surface area contributed by atoms with Crippen LogP contribution in [-0.4, -0.2) is 23.9 Å².